The van der Waals surface area contributed by atoms with E-state index in [2.05, 4.69) is 40.2 Å². The number of hydrogen-bond donors (Lipinski definition) is 2. The molecule has 0 aliphatic carbocycles. The number of aliphatic imine (C=N–C) groups is 1. The number of H-pyrrole nitrogens is 1. The summed E-state index contributed by atoms with van der Waals surface area (Å²) in [6.45, 7) is 6.74. The number of rotatable bonds is 5. The molecule has 1 aliphatic heterocycles. The number of aromatic amines is 1. The molecule has 0 saturated heterocycles. The van der Waals surface area contributed by atoms with Crippen LogP contribution in [-0.4, -0.2) is 68.0 Å². The normalized spacial score (nSPS) is 16.9. The first-order chi connectivity index (χ1) is 18.3. The predicted molar refractivity (Wildman–Crippen MR) is 146 cm³/mol. The van der Waals surface area contributed by atoms with Gasteiger partial charge in [0, 0.05) is 68.3 Å². The van der Waals surface area contributed by atoms with Crippen molar-refractivity contribution in [3.05, 3.63) is 65.8 Å². The standard InChI is InChI=1S/C28H30N8O2/c1-6-23(37)33-19-7-17(10-29-12-19)18-8-20-24(32-11-18)16(3)15(2)9-31-26(20)27-34-22-14-30-13-21(25(22)35-27)28(38)36(4)5/h7-8,10-16H,6,9H2,1-5H3,(H,33,37)(H,34,35). The fourth-order valence-electron chi connectivity index (χ4n) is 4.49. The van der Waals surface area contributed by atoms with Crippen LogP contribution < -0.4 is 5.32 Å². The molecule has 5 heterocycles. The summed E-state index contributed by atoms with van der Waals surface area (Å²) in [4.78, 5) is 52.7. The minimum absolute atomic E-state index is 0.0762. The molecule has 0 bridgehead atoms. The topological polar surface area (TPSA) is 129 Å². The molecule has 0 radical (unpaired) electrons. The van der Waals surface area contributed by atoms with Crippen LogP contribution in [0, 0.1) is 5.92 Å². The summed E-state index contributed by atoms with van der Waals surface area (Å²) < 4.78 is 0. The minimum atomic E-state index is -0.168. The van der Waals surface area contributed by atoms with Gasteiger partial charge in [-0.15, -0.1) is 0 Å². The Morgan fingerprint density at radius 2 is 1.82 bits per heavy atom. The Morgan fingerprint density at radius 3 is 2.58 bits per heavy atom. The average molecular weight is 511 g/mol. The van der Waals surface area contributed by atoms with Crippen LogP contribution in [0.4, 0.5) is 5.69 Å². The predicted octanol–water partition coefficient (Wildman–Crippen LogP) is 4.06. The third-order valence-corrected chi connectivity index (χ3v) is 6.93. The quantitative estimate of drug-likeness (QED) is 0.417. The lowest BCUT2D eigenvalue weighted by atomic mass is 9.89. The van der Waals surface area contributed by atoms with Gasteiger partial charge in [-0.25, -0.2) is 4.98 Å². The molecular weight excluding hydrogens is 480 g/mol. The van der Waals surface area contributed by atoms with Crippen LogP contribution in [0.25, 0.3) is 22.2 Å². The van der Waals surface area contributed by atoms with Gasteiger partial charge in [0.05, 0.1) is 34.9 Å². The molecule has 4 aromatic heterocycles. The maximum atomic E-state index is 12.8. The molecule has 0 fully saturated rings. The number of pyridine rings is 3. The largest absolute Gasteiger partial charge is 0.345 e. The number of anilines is 1. The summed E-state index contributed by atoms with van der Waals surface area (Å²) in [6.07, 6.45) is 8.80. The highest BCUT2D eigenvalue weighted by atomic mass is 16.2. The second kappa shape index (κ2) is 10.1. The van der Waals surface area contributed by atoms with E-state index in [-0.39, 0.29) is 23.7 Å². The van der Waals surface area contributed by atoms with Crippen molar-refractivity contribution < 1.29 is 9.59 Å². The van der Waals surface area contributed by atoms with Crippen molar-refractivity contribution in [2.75, 3.05) is 26.0 Å². The highest BCUT2D eigenvalue weighted by Gasteiger charge is 2.28. The molecule has 194 valence electrons. The highest BCUT2D eigenvalue weighted by molar-refractivity contribution is 6.14. The summed E-state index contributed by atoms with van der Waals surface area (Å²) >= 11 is 0. The summed E-state index contributed by atoms with van der Waals surface area (Å²) in [5.41, 5.74) is 6.43. The van der Waals surface area contributed by atoms with E-state index in [1.807, 2.05) is 12.3 Å². The van der Waals surface area contributed by atoms with Gasteiger partial charge in [0.2, 0.25) is 5.91 Å². The molecule has 2 unspecified atom stereocenters. The molecular formula is C28H30N8O2. The van der Waals surface area contributed by atoms with Crippen LogP contribution in [-0.2, 0) is 4.79 Å². The van der Waals surface area contributed by atoms with Gasteiger partial charge in [-0.2, -0.15) is 0 Å². The van der Waals surface area contributed by atoms with Crippen molar-refractivity contribution in [2.45, 2.75) is 33.1 Å². The highest BCUT2D eigenvalue weighted by Crippen LogP contribution is 2.33. The number of nitrogens with zero attached hydrogens (tertiary/aromatic N) is 6. The lowest BCUT2D eigenvalue weighted by Gasteiger charge is -2.18. The molecule has 5 rings (SSSR count). The Morgan fingerprint density at radius 1 is 1.05 bits per heavy atom. The molecule has 1 aliphatic rings. The van der Waals surface area contributed by atoms with E-state index in [0.717, 1.165) is 22.4 Å². The number of carbonyl (C=O) groups is 2. The minimum Gasteiger partial charge on any atom is -0.345 e. The van der Waals surface area contributed by atoms with Crippen LogP contribution in [0.2, 0.25) is 0 Å². The summed E-state index contributed by atoms with van der Waals surface area (Å²) in [5.74, 6) is 0.761. The van der Waals surface area contributed by atoms with Gasteiger partial charge in [-0.05, 0) is 18.1 Å². The number of imidazole rings is 1. The molecule has 10 heteroatoms. The third-order valence-electron chi connectivity index (χ3n) is 6.93. The van der Waals surface area contributed by atoms with Gasteiger partial charge in [0.15, 0.2) is 5.82 Å². The van der Waals surface area contributed by atoms with Crippen molar-refractivity contribution in [1.82, 2.24) is 29.8 Å². The van der Waals surface area contributed by atoms with E-state index < -0.39 is 0 Å². The van der Waals surface area contributed by atoms with E-state index in [1.165, 1.54) is 4.90 Å². The fraction of sp³-hybridized carbons (Fsp3) is 0.321. The number of carbonyl (C=O) groups excluding carboxylic acids is 2. The molecule has 0 saturated carbocycles. The molecule has 2 atom stereocenters. The van der Waals surface area contributed by atoms with Crippen molar-refractivity contribution in [2.24, 2.45) is 10.9 Å². The molecule has 4 aromatic rings. The SMILES string of the molecule is CCC(=O)Nc1cncc(-c2cnc3c(c2)C(c2nc4c(C(=O)N(C)C)cncc4[nH]2)=NCC(C)C3C)c1. The first-order valence-electron chi connectivity index (χ1n) is 12.6. The van der Waals surface area contributed by atoms with Crippen molar-refractivity contribution in [3.8, 4) is 11.1 Å². The fourth-order valence-corrected chi connectivity index (χ4v) is 4.49. The third kappa shape index (κ3) is 4.65. The lowest BCUT2D eigenvalue weighted by Crippen LogP contribution is -2.22. The zero-order valence-electron chi connectivity index (χ0n) is 22.1. The molecule has 0 aromatic carbocycles. The average Bonchev–Trinajstić information content (AvgIpc) is 3.31. The maximum Gasteiger partial charge on any atom is 0.257 e. The summed E-state index contributed by atoms with van der Waals surface area (Å²) in [6, 6.07) is 3.94. The van der Waals surface area contributed by atoms with Crippen molar-refractivity contribution in [1.29, 1.82) is 0 Å². The first kappa shape index (κ1) is 25.2. The monoisotopic (exact) mass is 510 g/mol. The Kier molecular flexibility index (Phi) is 6.71. The number of aromatic nitrogens is 5. The van der Waals surface area contributed by atoms with Crippen LogP contribution in [0.1, 0.15) is 60.5 Å². The number of nitrogens with one attached hydrogen (secondary N) is 2. The van der Waals surface area contributed by atoms with Crippen LogP contribution in [0.15, 0.2) is 48.1 Å². The first-order valence-corrected chi connectivity index (χ1v) is 12.6. The van der Waals surface area contributed by atoms with Crippen molar-refractivity contribution in [3.63, 3.8) is 0 Å². The zero-order chi connectivity index (χ0) is 27.0. The smallest absolute Gasteiger partial charge is 0.257 e. The van der Waals surface area contributed by atoms with Gasteiger partial charge in [0.1, 0.15) is 11.2 Å². The molecule has 2 N–H and O–H groups in total. The Labute approximate surface area is 220 Å². The molecule has 38 heavy (non-hydrogen) atoms. The van der Waals surface area contributed by atoms with E-state index in [9.17, 15) is 9.59 Å². The molecule has 10 nitrogen and oxygen atoms in total. The van der Waals surface area contributed by atoms with Crippen molar-refractivity contribution >= 4 is 34.2 Å². The lowest BCUT2D eigenvalue weighted by molar-refractivity contribution is -0.115. The van der Waals surface area contributed by atoms with Crippen LogP contribution in [0.3, 0.4) is 0 Å². The zero-order valence-corrected chi connectivity index (χ0v) is 22.1. The number of fused-ring (bicyclic) bond motifs is 2. The maximum absolute atomic E-state index is 12.8. The Balaban J connectivity index is 1.63. The van der Waals surface area contributed by atoms with E-state index in [0.29, 0.717) is 46.8 Å². The molecule has 0 spiro atoms. The molecule has 2 amide bonds. The van der Waals surface area contributed by atoms with E-state index >= 15 is 0 Å². The summed E-state index contributed by atoms with van der Waals surface area (Å²) in [7, 11) is 3.40. The summed E-state index contributed by atoms with van der Waals surface area (Å²) in [5, 5.41) is 2.86. The van der Waals surface area contributed by atoms with Gasteiger partial charge in [0.25, 0.3) is 5.91 Å². The van der Waals surface area contributed by atoms with Crippen LogP contribution >= 0.6 is 0 Å². The van der Waals surface area contributed by atoms with Crippen LogP contribution in [0.5, 0.6) is 0 Å². The second-order valence-corrected chi connectivity index (χ2v) is 9.84. The number of amides is 2. The number of hydrogen-bond acceptors (Lipinski definition) is 7. The Bertz CT molecular complexity index is 1570. The van der Waals surface area contributed by atoms with Gasteiger partial charge >= 0.3 is 0 Å². The van der Waals surface area contributed by atoms with Gasteiger partial charge in [-0.3, -0.25) is 29.5 Å². The van der Waals surface area contributed by atoms with E-state index in [1.54, 1.807) is 45.8 Å². The second-order valence-electron chi connectivity index (χ2n) is 9.84. The van der Waals surface area contributed by atoms with Gasteiger partial charge < -0.3 is 15.2 Å². The Hall–Kier alpha value is -4.47. The van der Waals surface area contributed by atoms with Gasteiger partial charge in [-0.1, -0.05) is 20.8 Å². The van der Waals surface area contributed by atoms with E-state index in [4.69, 9.17) is 15.0 Å².